The van der Waals surface area contributed by atoms with Gasteiger partial charge in [0.1, 0.15) is 6.54 Å². The second-order valence-electron chi connectivity index (χ2n) is 7.62. The maximum atomic E-state index is 12.9. The molecule has 0 unspecified atom stereocenters. The van der Waals surface area contributed by atoms with Crippen LogP contribution in [0.1, 0.15) is 34.3 Å². The molecule has 0 heterocycles. The highest BCUT2D eigenvalue weighted by atomic mass is 16.6. The molecule has 2 aromatic carbocycles. The molecule has 31 heavy (non-hydrogen) atoms. The van der Waals surface area contributed by atoms with Crippen molar-refractivity contribution >= 4 is 29.1 Å². The van der Waals surface area contributed by atoms with Crippen molar-refractivity contribution in [3.63, 3.8) is 0 Å². The predicted molar refractivity (Wildman–Crippen MR) is 115 cm³/mol. The van der Waals surface area contributed by atoms with E-state index in [1.807, 2.05) is 25.1 Å². The maximum absolute atomic E-state index is 12.9. The molecule has 0 bridgehead atoms. The Morgan fingerprint density at radius 2 is 1.84 bits per heavy atom. The van der Waals surface area contributed by atoms with Crippen LogP contribution >= 0.6 is 0 Å². The van der Waals surface area contributed by atoms with Gasteiger partial charge >= 0.3 is 0 Å². The fraction of sp³-hybridized carbons (Fsp3) is 0.318. The molecule has 2 aromatic rings. The highest BCUT2D eigenvalue weighted by molar-refractivity contribution is 5.98. The smallest absolute Gasteiger partial charge is 0.273 e. The van der Waals surface area contributed by atoms with Gasteiger partial charge in [-0.1, -0.05) is 18.2 Å². The lowest BCUT2D eigenvalue weighted by Crippen LogP contribution is -2.43. The molecule has 9 nitrogen and oxygen atoms in total. The quantitative estimate of drug-likeness (QED) is 0.498. The summed E-state index contributed by atoms with van der Waals surface area (Å²) in [7, 11) is 0. The van der Waals surface area contributed by atoms with Crippen LogP contribution in [0.25, 0.3) is 0 Å². The van der Waals surface area contributed by atoms with Gasteiger partial charge < -0.3 is 15.5 Å². The third-order valence-corrected chi connectivity index (χ3v) is 4.96. The number of nitro benzene ring substituents is 1. The first-order chi connectivity index (χ1) is 14.7. The van der Waals surface area contributed by atoms with Crippen LogP contribution in [0, 0.1) is 24.0 Å². The summed E-state index contributed by atoms with van der Waals surface area (Å²) in [6.07, 6.45) is 1.53. The number of anilines is 1. The average Bonchev–Trinajstić information content (AvgIpc) is 3.55. The van der Waals surface area contributed by atoms with Crippen LogP contribution in [0.5, 0.6) is 0 Å². The van der Waals surface area contributed by atoms with E-state index in [0.29, 0.717) is 11.3 Å². The molecule has 0 radical (unpaired) electrons. The lowest BCUT2D eigenvalue weighted by Gasteiger charge is -2.22. The Morgan fingerprint density at radius 3 is 2.48 bits per heavy atom. The van der Waals surface area contributed by atoms with Gasteiger partial charge in [-0.05, 0) is 50.5 Å². The van der Waals surface area contributed by atoms with Crippen LogP contribution in [0.15, 0.2) is 42.5 Å². The largest absolute Gasteiger partial charge is 0.345 e. The molecule has 0 aliphatic heterocycles. The van der Waals surface area contributed by atoms with Crippen molar-refractivity contribution in [2.24, 2.45) is 0 Å². The van der Waals surface area contributed by atoms with E-state index in [9.17, 15) is 24.5 Å². The summed E-state index contributed by atoms with van der Waals surface area (Å²) in [6.45, 7) is 3.06. The zero-order chi connectivity index (χ0) is 22.5. The zero-order valence-corrected chi connectivity index (χ0v) is 17.4. The van der Waals surface area contributed by atoms with E-state index in [-0.39, 0.29) is 36.3 Å². The lowest BCUT2D eigenvalue weighted by atomic mass is 10.1. The number of carbonyl (C=O) groups excluding carboxylic acids is 3. The minimum Gasteiger partial charge on any atom is -0.345 e. The van der Waals surface area contributed by atoms with Crippen molar-refractivity contribution in [3.8, 4) is 0 Å². The molecule has 1 saturated carbocycles. The molecule has 9 heteroatoms. The molecule has 1 aliphatic carbocycles. The Morgan fingerprint density at radius 1 is 1.10 bits per heavy atom. The van der Waals surface area contributed by atoms with E-state index >= 15 is 0 Å². The number of nitrogens with one attached hydrogen (secondary N) is 2. The average molecular weight is 424 g/mol. The summed E-state index contributed by atoms with van der Waals surface area (Å²) >= 11 is 0. The molecule has 0 saturated heterocycles. The molecular weight excluding hydrogens is 400 g/mol. The first kappa shape index (κ1) is 21.9. The number of aryl methyl sites for hydroxylation is 2. The SMILES string of the molecule is Cc1cccc(NC(=O)CNC(=O)CN(C(=O)c2ccc(C)c([N+](=O)[O-])c2)C2CC2)c1. The number of nitrogens with zero attached hydrogens (tertiary/aromatic N) is 2. The topological polar surface area (TPSA) is 122 Å². The number of hydrogen-bond acceptors (Lipinski definition) is 5. The summed E-state index contributed by atoms with van der Waals surface area (Å²) < 4.78 is 0. The summed E-state index contributed by atoms with van der Waals surface area (Å²) in [4.78, 5) is 49.4. The van der Waals surface area contributed by atoms with Crippen molar-refractivity contribution in [1.82, 2.24) is 10.2 Å². The molecular formula is C22H24N4O5. The molecule has 162 valence electrons. The van der Waals surface area contributed by atoms with Gasteiger partial charge in [0.2, 0.25) is 11.8 Å². The molecule has 0 spiro atoms. The van der Waals surface area contributed by atoms with Gasteiger partial charge in [0.25, 0.3) is 11.6 Å². The van der Waals surface area contributed by atoms with E-state index in [0.717, 1.165) is 18.4 Å². The lowest BCUT2D eigenvalue weighted by molar-refractivity contribution is -0.385. The number of hydrogen-bond donors (Lipinski definition) is 2. The Balaban J connectivity index is 1.59. The highest BCUT2D eigenvalue weighted by Gasteiger charge is 2.35. The van der Waals surface area contributed by atoms with Gasteiger partial charge in [-0.2, -0.15) is 0 Å². The van der Waals surface area contributed by atoms with Crippen LogP contribution in [0.2, 0.25) is 0 Å². The normalized spacial score (nSPS) is 12.7. The number of benzene rings is 2. The predicted octanol–water partition coefficient (Wildman–Crippen LogP) is 2.57. The third kappa shape index (κ3) is 5.88. The third-order valence-electron chi connectivity index (χ3n) is 4.96. The zero-order valence-electron chi connectivity index (χ0n) is 17.4. The number of amides is 3. The number of nitro groups is 1. The van der Waals surface area contributed by atoms with Gasteiger partial charge in [-0.3, -0.25) is 24.5 Å². The monoisotopic (exact) mass is 424 g/mol. The van der Waals surface area contributed by atoms with Crippen LogP contribution < -0.4 is 10.6 Å². The number of rotatable bonds is 8. The summed E-state index contributed by atoms with van der Waals surface area (Å²) in [5.74, 6) is -1.29. The van der Waals surface area contributed by atoms with E-state index in [2.05, 4.69) is 10.6 Å². The van der Waals surface area contributed by atoms with Crippen molar-refractivity contribution < 1.29 is 19.3 Å². The maximum Gasteiger partial charge on any atom is 0.273 e. The Kier molecular flexibility index (Phi) is 6.64. The molecule has 1 aliphatic rings. The van der Waals surface area contributed by atoms with Gasteiger partial charge in [-0.25, -0.2) is 0 Å². The molecule has 0 aromatic heterocycles. The first-order valence-electron chi connectivity index (χ1n) is 9.94. The van der Waals surface area contributed by atoms with Gasteiger partial charge in [0, 0.05) is 28.9 Å². The Hall–Kier alpha value is -3.75. The second kappa shape index (κ2) is 9.38. The van der Waals surface area contributed by atoms with E-state index < -0.39 is 16.7 Å². The van der Waals surface area contributed by atoms with E-state index in [1.165, 1.54) is 23.1 Å². The van der Waals surface area contributed by atoms with Gasteiger partial charge in [0.15, 0.2) is 0 Å². The van der Waals surface area contributed by atoms with Crippen LogP contribution in [0.4, 0.5) is 11.4 Å². The van der Waals surface area contributed by atoms with Crippen molar-refractivity contribution in [3.05, 3.63) is 69.3 Å². The van der Waals surface area contributed by atoms with E-state index in [4.69, 9.17) is 0 Å². The van der Waals surface area contributed by atoms with Crippen molar-refractivity contribution in [2.75, 3.05) is 18.4 Å². The molecule has 3 rings (SSSR count). The fourth-order valence-corrected chi connectivity index (χ4v) is 3.18. The molecule has 0 atom stereocenters. The minimum absolute atomic E-state index is 0.0836. The first-order valence-corrected chi connectivity index (χ1v) is 9.94. The molecule has 2 N–H and O–H groups in total. The van der Waals surface area contributed by atoms with Crippen LogP contribution in [-0.2, 0) is 9.59 Å². The van der Waals surface area contributed by atoms with Gasteiger partial charge in [0.05, 0.1) is 11.5 Å². The Labute approximate surface area is 179 Å². The second-order valence-corrected chi connectivity index (χ2v) is 7.62. The summed E-state index contributed by atoms with van der Waals surface area (Å²) in [5.41, 5.74) is 2.11. The standard InChI is InChI=1S/C22H24N4O5/c1-14-4-3-5-17(10-14)24-20(27)12-23-21(28)13-25(18-8-9-18)22(29)16-7-6-15(2)19(11-16)26(30)31/h3-7,10-11,18H,8-9,12-13H2,1-2H3,(H,23,28)(H,24,27). The summed E-state index contributed by atoms with van der Waals surface area (Å²) in [5, 5.41) is 16.4. The number of carbonyl (C=O) groups is 3. The minimum atomic E-state index is -0.535. The van der Waals surface area contributed by atoms with Crippen LogP contribution in [-0.4, -0.2) is 46.7 Å². The molecule has 1 fully saturated rings. The van der Waals surface area contributed by atoms with Gasteiger partial charge in [-0.15, -0.1) is 0 Å². The Bertz CT molecular complexity index is 1030. The fourth-order valence-electron chi connectivity index (χ4n) is 3.18. The summed E-state index contributed by atoms with van der Waals surface area (Å²) in [6, 6.07) is 11.5. The highest BCUT2D eigenvalue weighted by Crippen LogP contribution is 2.29. The molecule has 3 amide bonds. The van der Waals surface area contributed by atoms with Crippen molar-refractivity contribution in [2.45, 2.75) is 32.7 Å². The van der Waals surface area contributed by atoms with E-state index in [1.54, 1.807) is 13.0 Å². The van der Waals surface area contributed by atoms with Crippen LogP contribution in [0.3, 0.4) is 0 Å². The van der Waals surface area contributed by atoms with Crippen molar-refractivity contribution in [1.29, 1.82) is 0 Å².